The molecule has 1 atom stereocenters. The van der Waals surface area contributed by atoms with Crippen LogP contribution in [0.2, 0.25) is 0 Å². The first-order valence-electron chi connectivity index (χ1n) is 9.13. The summed E-state index contributed by atoms with van der Waals surface area (Å²) in [5, 5.41) is 4.52. The van der Waals surface area contributed by atoms with E-state index < -0.39 is 21.0 Å². The second-order valence-electron chi connectivity index (χ2n) is 6.53. The van der Waals surface area contributed by atoms with Crippen LogP contribution >= 0.6 is 11.8 Å². The summed E-state index contributed by atoms with van der Waals surface area (Å²) in [6, 6.07) is 11.6. The highest BCUT2D eigenvalue weighted by atomic mass is 32.2. The van der Waals surface area contributed by atoms with Crippen LogP contribution in [0.5, 0.6) is 5.75 Å². The smallest absolute Gasteiger partial charge is 0.234 e. The van der Waals surface area contributed by atoms with E-state index in [2.05, 4.69) is 10.6 Å². The molecule has 3 rings (SSSR count). The second-order valence-corrected chi connectivity index (χ2v) is 9.92. The first kappa shape index (κ1) is 21.2. The van der Waals surface area contributed by atoms with Crippen LogP contribution < -0.4 is 15.4 Å². The lowest BCUT2D eigenvalue weighted by atomic mass is 10.2. The maximum atomic E-state index is 12.9. The van der Waals surface area contributed by atoms with E-state index in [0.29, 0.717) is 28.6 Å². The van der Waals surface area contributed by atoms with Crippen molar-refractivity contribution in [1.29, 1.82) is 0 Å². The molecule has 1 unspecified atom stereocenters. The van der Waals surface area contributed by atoms with E-state index in [-0.39, 0.29) is 23.0 Å². The Kier molecular flexibility index (Phi) is 6.49. The number of carbonyl (C=O) groups is 2. The summed E-state index contributed by atoms with van der Waals surface area (Å²) in [5.74, 6) is 0.254. The van der Waals surface area contributed by atoms with Gasteiger partial charge in [0.15, 0.2) is 9.84 Å². The lowest BCUT2D eigenvalue weighted by molar-refractivity contribution is -0.116. The molecule has 1 aliphatic rings. The van der Waals surface area contributed by atoms with Crippen LogP contribution in [0.15, 0.2) is 52.3 Å². The summed E-state index contributed by atoms with van der Waals surface area (Å²) in [5.41, 5.74) is 1.10. The van der Waals surface area contributed by atoms with Crippen molar-refractivity contribution in [2.75, 3.05) is 23.0 Å². The summed E-state index contributed by atoms with van der Waals surface area (Å²) in [4.78, 5) is 24.7. The number of para-hydroxylation sites is 2. The first-order chi connectivity index (χ1) is 13.8. The van der Waals surface area contributed by atoms with Crippen LogP contribution in [-0.2, 0) is 19.4 Å². The Bertz CT molecular complexity index is 1040. The number of ether oxygens (including phenoxy) is 1. The fourth-order valence-electron chi connectivity index (χ4n) is 2.89. The zero-order chi connectivity index (χ0) is 21.0. The maximum Gasteiger partial charge on any atom is 0.234 e. The van der Waals surface area contributed by atoms with Gasteiger partial charge in [0.1, 0.15) is 5.75 Å². The number of fused-ring (bicyclic) bond motifs is 1. The van der Waals surface area contributed by atoms with E-state index in [1.165, 1.54) is 24.8 Å². The Labute approximate surface area is 174 Å². The molecule has 2 aromatic carbocycles. The number of sulfone groups is 1. The minimum absolute atomic E-state index is 0.115. The van der Waals surface area contributed by atoms with Gasteiger partial charge in [-0.25, -0.2) is 8.42 Å². The molecule has 0 aromatic heterocycles. The summed E-state index contributed by atoms with van der Waals surface area (Å²) >= 11 is 1.29. The zero-order valence-electron chi connectivity index (χ0n) is 16.1. The van der Waals surface area contributed by atoms with Crippen molar-refractivity contribution in [3.63, 3.8) is 0 Å². The van der Waals surface area contributed by atoms with Crippen molar-refractivity contribution in [3.8, 4) is 5.75 Å². The Hall–Kier alpha value is -2.52. The van der Waals surface area contributed by atoms with Crippen molar-refractivity contribution in [3.05, 3.63) is 42.5 Å². The van der Waals surface area contributed by atoms with E-state index in [9.17, 15) is 18.0 Å². The molecular formula is C20H22N2O5S2. The van der Waals surface area contributed by atoms with Crippen molar-refractivity contribution in [2.24, 2.45) is 0 Å². The van der Waals surface area contributed by atoms with Gasteiger partial charge in [-0.05, 0) is 44.2 Å². The summed E-state index contributed by atoms with van der Waals surface area (Å²) in [7, 11) is -3.71. The van der Waals surface area contributed by atoms with Crippen molar-refractivity contribution in [1.82, 2.24) is 0 Å². The maximum absolute atomic E-state index is 12.9. The van der Waals surface area contributed by atoms with E-state index in [1.54, 1.807) is 36.4 Å². The molecule has 0 spiro atoms. The van der Waals surface area contributed by atoms with Gasteiger partial charge < -0.3 is 15.4 Å². The molecule has 1 heterocycles. The normalized spacial score (nSPS) is 14.5. The lowest BCUT2D eigenvalue weighted by Crippen LogP contribution is -2.25. The SMILES string of the molecule is CCOc1ccccc1NC(=O)CC(C)S(=O)(=O)c1ccc2c(c1)SCC(=O)N2. The van der Waals surface area contributed by atoms with E-state index >= 15 is 0 Å². The standard InChI is InChI=1S/C20H22N2O5S2/c1-3-27-17-7-5-4-6-15(17)21-19(23)10-13(2)29(25,26)14-8-9-16-18(11-14)28-12-20(24)22-16/h4-9,11,13H,3,10,12H2,1-2H3,(H,21,23)(H,22,24). The molecule has 9 heteroatoms. The van der Waals surface area contributed by atoms with Crippen LogP contribution in [0.4, 0.5) is 11.4 Å². The number of thioether (sulfide) groups is 1. The number of nitrogens with one attached hydrogen (secondary N) is 2. The Morgan fingerprint density at radius 1 is 1.28 bits per heavy atom. The summed E-state index contributed by atoms with van der Waals surface area (Å²) < 4.78 is 31.4. The predicted molar refractivity (Wildman–Crippen MR) is 113 cm³/mol. The summed E-state index contributed by atoms with van der Waals surface area (Å²) in [6.45, 7) is 3.81. The fraction of sp³-hybridized carbons (Fsp3) is 0.300. The molecular weight excluding hydrogens is 412 g/mol. The van der Waals surface area contributed by atoms with Crippen molar-refractivity contribution >= 4 is 44.8 Å². The number of carbonyl (C=O) groups excluding carboxylic acids is 2. The molecule has 0 bridgehead atoms. The number of hydrogen-bond acceptors (Lipinski definition) is 6. The third-order valence-corrected chi connectivity index (χ3v) is 7.57. The van der Waals surface area contributed by atoms with Gasteiger partial charge in [0.05, 0.1) is 33.9 Å². The molecule has 2 N–H and O–H groups in total. The second kappa shape index (κ2) is 8.87. The average Bonchev–Trinajstić information content (AvgIpc) is 2.69. The van der Waals surface area contributed by atoms with E-state index in [0.717, 1.165) is 0 Å². The molecule has 154 valence electrons. The monoisotopic (exact) mass is 434 g/mol. The molecule has 2 amide bonds. The topological polar surface area (TPSA) is 102 Å². The highest BCUT2D eigenvalue weighted by Crippen LogP contribution is 2.34. The highest BCUT2D eigenvalue weighted by molar-refractivity contribution is 8.00. The summed E-state index contributed by atoms with van der Waals surface area (Å²) in [6.07, 6.45) is -0.191. The molecule has 0 saturated carbocycles. The van der Waals surface area contributed by atoms with Gasteiger partial charge in [-0.15, -0.1) is 11.8 Å². The highest BCUT2D eigenvalue weighted by Gasteiger charge is 2.27. The van der Waals surface area contributed by atoms with Crippen LogP contribution in [0.25, 0.3) is 0 Å². The Balaban J connectivity index is 1.72. The third-order valence-electron chi connectivity index (χ3n) is 4.38. The number of anilines is 2. The molecule has 7 nitrogen and oxygen atoms in total. The van der Waals surface area contributed by atoms with Gasteiger partial charge in [-0.2, -0.15) is 0 Å². The van der Waals surface area contributed by atoms with Gasteiger partial charge in [0.25, 0.3) is 0 Å². The first-order valence-corrected chi connectivity index (χ1v) is 11.7. The van der Waals surface area contributed by atoms with Crippen LogP contribution in [0.1, 0.15) is 20.3 Å². The number of hydrogen-bond donors (Lipinski definition) is 2. The minimum atomic E-state index is -3.71. The minimum Gasteiger partial charge on any atom is -0.492 e. The predicted octanol–water partition coefficient (Wildman–Crippen LogP) is 3.32. The van der Waals surface area contributed by atoms with Crippen molar-refractivity contribution in [2.45, 2.75) is 35.3 Å². The van der Waals surface area contributed by atoms with Crippen LogP contribution in [0, 0.1) is 0 Å². The molecule has 29 heavy (non-hydrogen) atoms. The fourth-order valence-corrected chi connectivity index (χ4v) is 5.18. The van der Waals surface area contributed by atoms with E-state index in [4.69, 9.17) is 4.74 Å². The quantitative estimate of drug-likeness (QED) is 0.693. The number of benzene rings is 2. The van der Waals surface area contributed by atoms with Gasteiger partial charge >= 0.3 is 0 Å². The molecule has 0 radical (unpaired) electrons. The van der Waals surface area contributed by atoms with Gasteiger partial charge in [0, 0.05) is 11.3 Å². The molecule has 0 fully saturated rings. The Morgan fingerprint density at radius 3 is 2.79 bits per heavy atom. The molecule has 1 aliphatic heterocycles. The van der Waals surface area contributed by atoms with Gasteiger partial charge in [-0.1, -0.05) is 12.1 Å². The average molecular weight is 435 g/mol. The van der Waals surface area contributed by atoms with E-state index in [1.807, 2.05) is 6.92 Å². The largest absolute Gasteiger partial charge is 0.492 e. The van der Waals surface area contributed by atoms with Crippen LogP contribution in [-0.4, -0.2) is 37.8 Å². The molecule has 0 aliphatic carbocycles. The third kappa shape index (κ3) is 4.91. The van der Waals surface area contributed by atoms with Gasteiger partial charge in [0.2, 0.25) is 11.8 Å². The van der Waals surface area contributed by atoms with Crippen LogP contribution in [0.3, 0.4) is 0 Å². The molecule has 2 aromatic rings. The molecule has 0 saturated heterocycles. The lowest BCUT2D eigenvalue weighted by Gasteiger charge is -2.19. The number of amides is 2. The van der Waals surface area contributed by atoms with Crippen molar-refractivity contribution < 1.29 is 22.7 Å². The zero-order valence-corrected chi connectivity index (χ0v) is 17.7. The Morgan fingerprint density at radius 2 is 2.03 bits per heavy atom. The van der Waals surface area contributed by atoms with Gasteiger partial charge in [-0.3, -0.25) is 9.59 Å². The number of rotatable bonds is 7.